The molecule has 150 valence electrons. The Morgan fingerprint density at radius 1 is 1.48 bits per heavy atom. The normalized spacial score (nSPS) is 18.1. The third-order valence-electron chi connectivity index (χ3n) is 3.93. The number of unbranched alkanes of at least 4 members (excludes halogenated alkanes) is 2. The number of alkyl halides is 1. The van der Waals surface area contributed by atoms with Gasteiger partial charge < -0.3 is 10.1 Å². The van der Waals surface area contributed by atoms with Gasteiger partial charge >= 0.3 is 5.97 Å². The van der Waals surface area contributed by atoms with Crippen molar-refractivity contribution in [3.63, 3.8) is 0 Å². The number of halogens is 2. The van der Waals surface area contributed by atoms with Crippen LogP contribution in [0.1, 0.15) is 45.4 Å². The molecule has 1 unspecified atom stereocenters. The van der Waals surface area contributed by atoms with Gasteiger partial charge in [-0.2, -0.15) is 0 Å². The van der Waals surface area contributed by atoms with Gasteiger partial charge in [0.25, 0.3) is 0 Å². The molecule has 0 saturated carbocycles. The number of rotatable bonds is 12. The number of esters is 1. The Bertz CT molecular complexity index is 609. The molecule has 0 spiro atoms. The molecule has 27 heavy (non-hydrogen) atoms. The number of hydrogen-bond donors (Lipinski definition) is 1. The first-order chi connectivity index (χ1) is 13.1. The lowest BCUT2D eigenvalue weighted by Gasteiger charge is -2.16. The molecule has 6 heteroatoms. The molecule has 0 aromatic heterocycles. The maximum Gasteiger partial charge on any atom is 0.305 e. The molecular formula is C21H30BrFN2O2. The Morgan fingerprint density at radius 3 is 3.04 bits per heavy atom. The second-order valence-electron chi connectivity index (χ2n) is 6.20. The van der Waals surface area contributed by atoms with E-state index in [1.807, 2.05) is 13.1 Å². The molecule has 0 radical (unpaired) electrons. The number of carbonyl (C=O) groups excluding carboxylic acids is 1. The summed E-state index contributed by atoms with van der Waals surface area (Å²) in [5.41, 5.74) is 2.11. The van der Waals surface area contributed by atoms with E-state index in [9.17, 15) is 9.18 Å². The van der Waals surface area contributed by atoms with E-state index >= 15 is 0 Å². The molecule has 0 fully saturated rings. The fraction of sp³-hybridized carbons (Fsp3) is 0.524. The van der Waals surface area contributed by atoms with Crippen molar-refractivity contribution in [3.8, 4) is 0 Å². The molecule has 1 atom stereocenters. The van der Waals surface area contributed by atoms with Gasteiger partial charge in [0.1, 0.15) is 5.83 Å². The number of nitrogens with zero attached hydrogens (tertiary/aromatic N) is 1. The van der Waals surface area contributed by atoms with Crippen molar-refractivity contribution in [2.24, 2.45) is 4.99 Å². The predicted molar refractivity (Wildman–Crippen MR) is 114 cm³/mol. The first-order valence-corrected chi connectivity index (χ1v) is 10.4. The molecule has 1 aliphatic rings. The molecule has 0 aromatic rings. The van der Waals surface area contributed by atoms with E-state index in [4.69, 9.17) is 0 Å². The zero-order chi connectivity index (χ0) is 19.9. The maximum absolute atomic E-state index is 13.3. The van der Waals surface area contributed by atoms with Crippen LogP contribution in [0, 0.1) is 0 Å². The summed E-state index contributed by atoms with van der Waals surface area (Å²) in [6.45, 7) is 3.20. The van der Waals surface area contributed by atoms with Gasteiger partial charge in [0, 0.05) is 30.6 Å². The zero-order valence-electron chi connectivity index (χ0n) is 16.2. The van der Waals surface area contributed by atoms with Crippen LogP contribution in [0.4, 0.5) is 4.39 Å². The molecule has 0 aliphatic heterocycles. The van der Waals surface area contributed by atoms with E-state index in [2.05, 4.69) is 43.1 Å². The minimum absolute atomic E-state index is 0.167. The lowest BCUT2D eigenvalue weighted by atomic mass is 10.0. The summed E-state index contributed by atoms with van der Waals surface area (Å²) < 4.78 is 17.9. The van der Waals surface area contributed by atoms with E-state index in [0.29, 0.717) is 30.8 Å². The lowest BCUT2D eigenvalue weighted by Crippen LogP contribution is -2.19. The summed E-state index contributed by atoms with van der Waals surface area (Å²) >= 11 is 3.61. The smallest absolute Gasteiger partial charge is 0.305 e. The highest BCUT2D eigenvalue weighted by molar-refractivity contribution is 9.09. The van der Waals surface area contributed by atoms with E-state index < -0.39 is 0 Å². The molecule has 1 N–H and O–H groups in total. The van der Waals surface area contributed by atoms with Crippen molar-refractivity contribution in [2.45, 2.75) is 50.3 Å². The summed E-state index contributed by atoms with van der Waals surface area (Å²) in [7, 11) is 1.41. The van der Waals surface area contributed by atoms with Gasteiger partial charge in [-0.05, 0) is 55.9 Å². The lowest BCUT2D eigenvalue weighted by molar-refractivity contribution is -0.140. The molecule has 0 bridgehead atoms. The monoisotopic (exact) mass is 440 g/mol. The highest BCUT2D eigenvalue weighted by Crippen LogP contribution is 2.23. The number of nitrogens with one attached hydrogen (secondary N) is 1. The first-order valence-electron chi connectivity index (χ1n) is 9.44. The highest BCUT2D eigenvalue weighted by atomic mass is 79.9. The quantitative estimate of drug-likeness (QED) is 0.149. The van der Waals surface area contributed by atoms with Crippen LogP contribution in [-0.2, 0) is 9.53 Å². The van der Waals surface area contributed by atoms with E-state index in [0.717, 1.165) is 37.0 Å². The standard InChI is InChI=1S/C21H30BrFN2O2/c1-3-8-19(23)9-7-13-24-16-17-11-12-18(22)15-20(17)25-14-6-4-5-10-21(26)27-2/h7-9,11,14-15,18,24H,3-6,10,12-13,16H2,1-2H3/b9-7-,19-8+,25-14?. The fourth-order valence-corrected chi connectivity index (χ4v) is 2.93. The van der Waals surface area contributed by atoms with Crippen molar-refractivity contribution < 1.29 is 13.9 Å². The fourth-order valence-electron chi connectivity index (χ4n) is 2.49. The van der Waals surface area contributed by atoms with Gasteiger partial charge in [-0.25, -0.2) is 4.39 Å². The van der Waals surface area contributed by atoms with Crippen LogP contribution in [0.3, 0.4) is 0 Å². The van der Waals surface area contributed by atoms with Crippen LogP contribution in [-0.4, -0.2) is 37.2 Å². The zero-order valence-corrected chi connectivity index (χ0v) is 17.8. The van der Waals surface area contributed by atoms with E-state index in [-0.39, 0.29) is 11.8 Å². The van der Waals surface area contributed by atoms with Crippen LogP contribution in [0.2, 0.25) is 0 Å². The van der Waals surface area contributed by atoms with Crippen LogP contribution in [0.5, 0.6) is 0 Å². The van der Waals surface area contributed by atoms with Gasteiger partial charge in [-0.1, -0.05) is 35.0 Å². The molecule has 4 nitrogen and oxygen atoms in total. The molecule has 0 heterocycles. The van der Waals surface area contributed by atoms with E-state index in [1.54, 1.807) is 12.2 Å². The predicted octanol–water partition coefficient (Wildman–Crippen LogP) is 5.18. The number of methoxy groups -OCH3 is 1. The van der Waals surface area contributed by atoms with Gasteiger partial charge in [0.05, 0.1) is 12.8 Å². The van der Waals surface area contributed by atoms with Crippen molar-refractivity contribution in [2.75, 3.05) is 20.2 Å². The van der Waals surface area contributed by atoms with E-state index in [1.165, 1.54) is 13.2 Å². The number of hydrogen-bond acceptors (Lipinski definition) is 4. The number of allylic oxidation sites excluding steroid dienone is 5. The van der Waals surface area contributed by atoms with Crippen LogP contribution in [0.25, 0.3) is 0 Å². The maximum atomic E-state index is 13.3. The summed E-state index contributed by atoms with van der Waals surface area (Å²) in [5, 5.41) is 3.30. The number of aliphatic imine (C=N–C) groups is 1. The number of carbonyl (C=O) groups is 1. The van der Waals surface area contributed by atoms with Gasteiger partial charge in [0.15, 0.2) is 0 Å². The molecule has 0 amide bonds. The summed E-state index contributed by atoms with van der Waals surface area (Å²) in [5.74, 6) is -0.366. The first kappa shape index (κ1) is 23.5. The summed E-state index contributed by atoms with van der Waals surface area (Å²) in [4.78, 5) is 16.0. The minimum Gasteiger partial charge on any atom is -0.469 e. The Balaban J connectivity index is 2.40. The molecule has 0 saturated heterocycles. The Morgan fingerprint density at radius 2 is 2.30 bits per heavy atom. The third-order valence-corrected chi connectivity index (χ3v) is 4.57. The van der Waals surface area contributed by atoms with Crippen molar-refractivity contribution in [1.82, 2.24) is 5.32 Å². The summed E-state index contributed by atoms with van der Waals surface area (Å²) in [6, 6.07) is 0. The topological polar surface area (TPSA) is 50.7 Å². The van der Waals surface area contributed by atoms with Crippen molar-refractivity contribution in [1.29, 1.82) is 0 Å². The molecular weight excluding hydrogens is 411 g/mol. The van der Waals surface area contributed by atoms with Gasteiger partial charge in [-0.15, -0.1) is 0 Å². The average molecular weight is 441 g/mol. The van der Waals surface area contributed by atoms with Crippen molar-refractivity contribution >= 4 is 28.1 Å². The Labute approximate surface area is 170 Å². The minimum atomic E-state index is -0.198. The second kappa shape index (κ2) is 14.5. The van der Waals surface area contributed by atoms with Crippen LogP contribution < -0.4 is 5.32 Å². The largest absolute Gasteiger partial charge is 0.469 e. The highest BCUT2D eigenvalue weighted by Gasteiger charge is 2.12. The second-order valence-corrected chi connectivity index (χ2v) is 7.37. The molecule has 1 aliphatic carbocycles. The summed E-state index contributed by atoms with van der Waals surface area (Å²) in [6.07, 6.45) is 15.6. The van der Waals surface area contributed by atoms with Crippen molar-refractivity contribution in [3.05, 3.63) is 47.5 Å². The van der Waals surface area contributed by atoms with Gasteiger partial charge in [-0.3, -0.25) is 9.79 Å². The molecule has 1 rings (SSSR count). The molecule has 0 aromatic carbocycles. The average Bonchev–Trinajstić information content (AvgIpc) is 2.65. The number of ether oxygens (including phenoxy) is 1. The third kappa shape index (κ3) is 11.0. The van der Waals surface area contributed by atoms with Crippen LogP contribution >= 0.6 is 15.9 Å². The Kier molecular flexibility index (Phi) is 12.6. The Hall–Kier alpha value is -1.53. The van der Waals surface area contributed by atoms with Gasteiger partial charge in [0.2, 0.25) is 0 Å². The van der Waals surface area contributed by atoms with Crippen LogP contribution in [0.15, 0.2) is 52.5 Å². The SMILES string of the molecule is CC/C=C(F)\C=C/CNCC1=CCC(Br)C=C1N=CCCCCC(=O)OC.